The van der Waals surface area contributed by atoms with Crippen LogP contribution in [-0.4, -0.2) is 66.4 Å². The summed E-state index contributed by atoms with van der Waals surface area (Å²) in [5, 5.41) is 5.73. The molecule has 0 aliphatic carbocycles. The minimum absolute atomic E-state index is 0.00523. The van der Waals surface area contributed by atoms with E-state index in [4.69, 9.17) is 9.15 Å². The van der Waals surface area contributed by atoms with E-state index in [2.05, 4.69) is 10.6 Å². The summed E-state index contributed by atoms with van der Waals surface area (Å²) in [5.41, 5.74) is 1.57. The number of carbonyl (C=O) groups excluding carboxylic acids is 3. The van der Waals surface area contributed by atoms with Crippen molar-refractivity contribution in [1.82, 2.24) is 15.5 Å². The van der Waals surface area contributed by atoms with Crippen molar-refractivity contribution in [2.45, 2.75) is 51.2 Å². The van der Waals surface area contributed by atoms with Crippen molar-refractivity contribution in [1.29, 1.82) is 0 Å². The Morgan fingerprint density at radius 1 is 1.10 bits per heavy atom. The molecular formula is C36H40F2N4O6S. The van der Waals surface area contributed by atoms with Gasteiger partial charge in [-0.15, -0.1) is 0 Å². The van der Waals surface area contributed by atoms with Crippen molar-refractivity contribution < 1.29 is 36.9 Å². The number of nitrogens with zero attached hydrogens (tertiary/aromatic N) is 2. The van der Waals surface area contributed by atoms with Crippen LogP contribution in [0, 0.1) is 11.6 Å². The Balaban J connectivity index is 1.57. The van der Waals surface area contributed by atoms with Gasteiger partial charge < -0.3 is 29.2 Å². The number of fused-ring (bicyclic) bond motifs is 1. The average Bonchev–Trinajstić information content (AvgIpc) is 3.44. The van der Waals surface area contributed by atoms with Gasteiger partial charge in [0, 0.05) is 48.6 Å². The molecule has 1 fully saturated rings. The minimum Gasteiger partial charge on any atom is -0.593 e. The highest BCUT2D eigenvalue weighted by Gasteiger charge is 2.36. The summed E-state index contributed by atoms with van der Waals surface area (Å²) in [7, 11) is 3.18. The molecule has 3 aromatic carbocycles. The van der Waals surface area contributed by atoms with Gasteiger partial charge in [0.05, 0.1) is 29.7 Å². The number of rotatable bonds is 8. The maximum absolute atomic E-state index is 15.1. The molecule has 1 aromatic heterocycles. The number of halogens is 2. The van der Waals surface area contributed by atoms with E-state index in [0.717, 1.165) is 5.56 Å². The van der Waals surface area contributed by atoms with Crippen LogP contribution in [0.15, 0.2) is 65.1 Å². The molecule has 0 unspecified atom stereocenters. The van der Waals surface area contributed by atoms with Crippen molar-refractivity contribution in [2.24, 2.45) is 0 Å². The van der Waals surface area contributed by atoms with Gasteiger partial charge in [0.15, 0.2) is 0 Å². The lowest BCUT2D eigenvalue weighted by atomic mass is 9.87. The standard InChI is InChI=1S/C36H40F2N4O6S/c1-36(2,3)48-35(45)40-31(24-11-7-8-12-27(24)38)34(44)42-17-9-10-22(20-42)25-18-26-29(19-28(25)41(5)49(6)46)47-32(30(26)33(43)39-4)21-13-15-23(37)16-14-21/h7-8,11-16,18-19,22,31H,9-10,17,20H2,1-6H3,(H,39,43)(H,40,45)/t22-,31-,49-/m0/s1. The molecule has 3 atom stereocenters. The number of furan rings is 1. The second-order valence-electron chi connectivity index (χ2n) is 12.9. The van der Waals surface area contributed by atoms with Crippen LogP contribution < -0.4 is 14.9 Å². The second kappa shape index (κ2) is 14.5. The van der Waals surface area contributed by atoms with Gasteiger partial charge in [0.1, 0.15) is 40.9 Å². The maximum atomic E-state index is 15.1. The van der Waals surface area contributed by atoms with E-state index in [1.807, 2.05) is 6.07 Å². The number of anilines is 1. The van der Waals surface area contributed by atoms with Crippen LogP contribution in [0.1, 0.15) is 67.1 Å². The largest absolute Gasteiger partial charge is 0.593 e. The lowest BCUT2D eigenvalue weighted by Gasteiger charge is -2.36. The first-order valence-electron chi connectivity index (χ1n) is 15.9. The first kappa shape index (κ1) is 35.7. The Labute approximate surface area is 287 Å². The Hall–Kier alpha value is -4.62. The zero-order valence-corrected chi connectivity index (χ0v) is 29.1. The molecule has 2 heterocycles. The summed E-state index contributed by atoms with van der Waals surface area (Å²) >= 11 is -1.45. The average molecular weight is 695 g/mol. The van der Waals surface area contributed by atoms with E-state index in [0.29, 0.717) is 41.6 Å². The summed E-state index contributed by atoms with van der Waals surface area (Å²) in [6.07, 6.45) is 1.90. The zero-order valence-electron chi connectivity index (χ0n) is 28.3. The van der Waals surface area contributed by atoms with Gasteiger partial charge in [0.2, 0.25) is 5.91 Å². The fourth-order valence-electron chi connectivity index (χ4n) is 6.06. The number of amides is 3. The Bertz CT molecular complexity index is 1860. The third kappa shape index (κ3) is 7.83. The number of hydrogen-bond donors (Lipinski definition) is 2. The highest BCUT2D eigenvalue weighted by molar-refractivity contribution is 7.92. The lowest BCUT2D eigenvalue weighted by Crippen LogP contribution is -2.47. The fraction of sp³-hybridized carbons (Fsp3) is 0.361. The third-order valence-corrected chi connectivity index (χ3v) is 9.39. The van der Waals surface area contributed by atoms with Crippen LogP contribution >= 0.6 is 0 Å². The van der Waals surface area contributed by atoms with E-state index >= 15 is 4.39 Å². The zero-order chi connectivity index (χ0) is 35.6. The molecule has 0 spiro atoms. The third-order valence-electron chi connectivity index (χ3n) is 8.42. The number of piperidine rings is 1. The fourth-order valence-corrected chi connectivity index (χ4v) is 6.50. The Morgan fingerprint density at radius 2 is 1.80 bits per heavy atom. The lowest BCUT2D eigenvalue weighted by molar-refractivity contribution is -0.135. The summed E-state index contributed by atoms with van der Waals surface area (Å²) < 4.78 is 54.9. The van der Waals surface area contributed by atoms with E-state index in [1.54, 1.807) is 49.2 Å². The summed E-state index contributed by atoms with van der Waals surface area (Å²) in [6, 6.07) is 13.6. The van der Waals surface area contributed by atoms with Crippen LogP contribution in [0.2, 0.25) is 0 Å². The number of alkyl carbamates (subject to hydrolysis) is 1. The first-order chi connectivity index (χ1) is 23.2. The van der Waals surface area contributed by atoms with Crippen molar-refractivity contribution in [3.8, 4) is 11.3 Å². The second-order valence-corrected chi connectivity index (χ2v) is 14.3. The number of likely N-dealkylation sites (tertiary alicyclic amines) is 1. The quantitative estimate of drug-likeness (QED) is 0.203. The van der Waals surface area contributed by atoms with Gasteiger partial charge in [-0.2, -0.15) is 4.31 Å². The summed E-state index contributed by atoms with van der Waals surface area (Å²) in [6.45, 7) is 5.62. The van der Waals surface area contributed by atoms with Crippen LogP contribution in [0.4, 0.5) is 19.3 Å². The molecule has 1 aliphatic heterocycles. The van der Waals surface area contributed by atoms with Gasteiger partial charge >= 0.3 is 6.09 Å². The normalized spacial score (nSPS) is 16.2. The van der Waals surface area contributed by atoms with E-state index < -0.39 is 52.5 Å². The molecule has 5 rings (SSSR count). The molecular weight excluding hydrogens is 654 g/mol. The van der Waals surface area contributed by atoms with Gasteiger partial charge in [-0.3, -0.25) is 9.59 Å². The van der Waals surface area contributed by atoms with Crippen molar-refractivity contribution in [3.05, 3.63) is 89.0 Å². The number of hydrogen-bond acceptors (Lipinski definition) is 7. The van der Waals surface area contributed by atoms with Crippen molar-refractivity contribution in [2.75, 3.05) is 37.7 Å². The smallest absolute Gasteiger partial charge is 0.408 e. The Morgan fingerprint density at radius 3 is 2.43 bits per heavy atom. The number of nitrogens with one attached hydrogen (secondary N) is 2. The van der Waals surface area contributed by atoms with Crippen LogP contribution in [0.3, 0.4) is 0 Å². The predicted molar refractivity (Wildman–Crippen MR) is 185 cm³/mol. The molecule has 1 saturated heterocycles. The molecule has 0 saturated carbocycles. The van der Waals surface area contributed by atoms with E-state index in [-0.39, 0.29) is 29.3 Å². The topological polar surface area (TPSA) is 127 Å². The monoisotopic (exact) mass is 694 g/mol. The van der Waals surface area contributed by atoms with Crippen LogP contribution in [-0.2, 0) is 20.9 Å². The maximum Gasteiger partial charge on any atom is 0.408 e. The summed E-state index contributed by atoms with van der Waals surface area (Å²) in [5.74, 6) is -2.06. The van der Waals surface area contributed by atoms with Crippen molar-refractivity contribution in [3.63, 3.8) is 0 Å². The van der Waals surface area contributed by atoms with Gasteiger partial charge in [0.25, 0.3) is 5.91 Å². The molecule has 0 bridgehead atoms. The number of benzene rings is 3. The number of ether oxygens (including phenoxy) is 1. The highest BCUT2D eigenvalue weighted by Crippen LogP contribution is 2.42. The SMILES string of the molecule is CNC(=O)c1c(-c2ccc(F)cc2)oc2cc(N(C)[S@+](C)[O-])c([C@H]3CCCN(C(=O)[C@@H](NC(=O)OC(C)(C)C)c4ccccc4F)C3)cc12. The highest BCUT2D eigenvalue weighted by atomic mass is 32.2. The molecule has 13 heteroatoms. The predicted octanol–water partition coefficient (Wildman–Crippen LogP) is 6.44. The van der Waals surface area contributed by atoms with Crippen molar-refractivity contribution >= 4 is 45.9 Å². The molecule has 0 radical (unpaired) electrons. The van der Waals surface area contributed by atoms with Gasteiger partial charge in [-0.1, -0.05) is 18.2 Å². The van der Waals surface area contributed by atoms with Crippen LogP contribution in [0.25, 0.3) is 22.3 Å². The van der Waals surface area contributed by atoms with Crippen LogP contribution in [0.5, 0.6) is 0 Å². The molecule has 1 aliphatic rings. The first-order valence-corrected chi connectivity index (χ1v) is 17.4. The van der Waals surface area contributed by atoms with Gasteiger partial charge in [-0.25, -0.2) is 13.6 Å². The van der Waals surface area contributed by atoms with E-state index in [9.17, 15) is 23.3 Å². The molecule has 260 valence electrons. The molecule has 10 nitrogen and oxygen atoms in total. The molecule has 49 heavy (non-hydrogen) atoms. The van der Waals surface area contributed by atoms with Gasteiger partial charge in [-0.05, 0) is 75.6 Å². The summed E-state index contributed by atoms with van der Waals surface area (Å²) in [4.78, 5) is 41.9. The Kier molecular flexibility index (Phi) is 10.5. The molecule has 2 N–H and O–H groups in total. The van der Waals surface area contributed by atoms with E-state index in [1.165, 1.54) is 55.8 Å². The molecule has 3 amide bonds. The minimum atomic E-state index is -1.45. The molecule has 4 aromatic rings. The number of carbonyl (C=O) groups is 3.